The van der Waals surface area contributed by atoms with Crippen molar-refractivity contribution < 1.29 is 5.11 Å². The van der Waals surface area contributed by atoms with Crippen molar-refractivity contribution in [1.29, 1.82) is 0 Å². The van der Waals surface area contributed by atoms with Gasteiger partial charge in [-0.25, -0.2) is 9.97 Å². The molecule has 1 aromatic carbocycles. The van der Waals surface area contributed by atoms with Crippen molar-refractivity contribution in [3.63, 3.8) is 0 Å². The number of benzene rings is 1. The van der Waals surface area contributed by atoms with E-state index in [0.29, 0.717) is 18.4 Å². The van der Waals surface area contributed by atoms with Crippen molar-refractivity contribution in [1.82, 2.24) is 19.9 Å². The van der Waals surface area contributed by atoms with Gasteiger partial charge in [0.25, 0.3) is 0 Å². The fourth-order valence-corrected chi connectivity index (χ4v) is 5.74. The van der Waals surface area contributed by atoms with E-state index in [1.807, 2.05) is 5.51 Å². The smallest absolute Gasteiger partial charge is 0.147 e. The van der Waals surface area contributed by atoms with E-state index in [2.05, 4.69) is 67.5 Å². The maximum absolute atomic E-state index is 11.2. The van der Waals surface area contributed by atoms with Gasteiger partial charge < -0.3 is 14.9 Å². The van der Waals surface area contributed by atoms with Crippen molar-refractivity contribution in [2.75, 3.05) is 31.6 Å². The minimum absolute atomic E-state index is 0.144. The van der Waals surface area contributed by atoms with E-state index in [-0.39, 0.29) is 11.5 Å². The number of hydrogen-bond acceptors (Lipinski definition) is 7. The Morgan fingerprint density at radius 3 is 2.83 bits per heavy atom. The van der Waals surface area contributed by atoms with Gasteiger partial charge in [-0.3, -0.25) is 4.98 Å². The molecule has 4 atom stereocenters. The Labute approximate surface area is 174 Å². The zero-order valence-electron chi connectivity index (χ0n) is 16.4. The second-order valence-corrected chi connectivity index (χ2v) is 8.96. The Morgan fingerprint density at radius 2 is 2.10 bits per heavy atom. The lowest BCUT2D eigenvalue weighted by Gasteiger charge is -2.19. The molecule has 5 rings (SSSR count). The van der Waals surface area contributed by atoms with Gasteiger partial charge in [-0.2, -0.15) is 0 Å². The Bertz CT molecular complexity index is 938. The molecular weight excluding hydrogens is 382 g/mol. The lowest BCUT2D eigenvalue weighted by molar-refractivity contribution is 0.118. The van der Waals surface area contributed by atoms with Crippen LogP contribution < -0.4 is 4.90 Å². The lowest BCUT2D eigenvalue weighted by Crippen LogP contribution is -2.28. The molecule has 3 heterocycles. The zero-order valence-corrected chi connectivity index (χ0v) is 17.2. The van der Waals surface area contributed by atoms with Gasteiger partial charge in [-0.15, -0.1) is 11.3 Å². The van der Waals surface area contributed by atoms with Gasteiger partial charge in [0.2, 0.25) is 0 Å². The Morgan fingerprint density at radius 1 is 1.24 bits per heavy atom. The minimum atomic E-state index is -0.382. The van der Waals surface area contributed by atoms with Gasteiger partial charge >= 0.3 is 0 Å². The van der Waals surface area contributed by atoms with Crippen LogP contribution in [0.5, 0.6) is 0 Å². The molecule has 1 saturated carbocycles. The van der Waals surface area contributed by atoms with Crippen LogP contribution in [-0.4, -0.2) is 57.7 Å². The average Bonchev–Trinajstić information content (AvgIpc) is 3.03. The first-order chi connectivity index (χ1) is 14.2. The molecule has 3 aromatic rings. The normalized spacial score (nSPS) is 28.4. The van der Waals surface area contributed by atoms with Gasteiger partial charge in [0.05, 0.1) is 23.5 Å². The fourth-order valence-electron chi connectivity index (χ4n) is 5.19. The van der Waals surface area contributed by atoms with Crippen molar-refractivity contribution in [3.05, 3.63) is 71.1 Å². The molecule has 0 radical (unpaired) electrons. The van der Waals surface area contributed by atoms with Crippen LogP contribution in [0, 0.1) is 11.3 Å². The van der Waals surface area contributed by atoms with Crippen LogP contribution in [0.4, 0.5) is 5.82 Å². The molecule has 29 heavy (non-hydrogen) atoms. The molecule has 1 spiro atoms. The van der Waals surface area contributed by atoms with E-state index in [9.17, 15) is 5.11 Å². The Hall–Kier alpha value is -2.35. The van der Waals surface area contributed by atoms with Crippen molar-refractivity contribution in [2.24, 2.45) is 11.3 Å². The summed E-state index contributed by atoms with van der Waals surface area (Å²) in [6.07, 6.45) is 4.81. The molecule has 2 aromatic heterocycles. The van der Waals surface area contributed by atoms with Crippen LogP contribution in [0.1, 0.15) is 17.2 Å². The third kappa shape index (κ3) is 3.33. The van der Waals surface area contributed by atoms with Crippen LogP contribution in [0.25, 0.3) is 0 Å². The second kappa shape index (κ2) is 7.48. The molecule has 1 aliphatic heterocycles. The highest BCUT2D eigenvalue weighted by Gasteiger charge is 2.71. The molecule has 1 saturated heterocycles. The molecule has 1 N–H and O–H groups in total. The SMILES string of the molecule is CN(Cc1cscn1)C[C@@H]1[C@@H](c2ccccc2)[C@]12CN(c1cnccn1)C[C@@H]2O. The van der Waals surface area contributed by atoms with E-state index < -0.39 is 0 Å². The maximum atomic E-state index is 11.2. The maximum Gasteiger partial charge on any atom is 0.147 e. The number of aliphatic hydroxyl groups excluding tert-OH is 1. The summed E-state index contributed by atoms with van der Waals surface area (Å²) in [5, 5.41) is 13.3. The summed E-state index contributed by atoms with van der Waals surface area (Å²) in [6.45, 7) is 3.18. The highest BCUT2D eigenvalue weighted by atomic mass is 32.1. The third-order valence-corrected chi connectivity index (χ3v) is 7.13. The first-order valence-corrected chi connectivity index (χ1v) is 10.9. The van der Waals surface area contributed by atoms with Crippen LogP contribution in [0.2, 0.25) is 0 Å². The predicted octanol–water partition coefficient (Wildman–Crippen LogP) is 2.65. The number of nitrogens with zero attached hydrogens (tertiary/aromatic N) is 5. The molecule has 0 unspecified atom stereocenters. The summed E-state index contributed by atoms with van der Waals surface area (Å²) in [5.74, 6) is 1.58. The predicted molar refractivity (Wildman–Crippen MR) is 114 cm³/mol. The number of aliphatic hydroxyl groups is 1. The van der Waals surface area contributed by atoms with E-state index in [1.54, 1.807) is 29.9 Å². The summed E-state index contributed by atoms with van der Waals surface area (Å²) in [7, 11) is 2.15. The largest absolute Gasteiger partial charge is 0.391 e. The molecular formula is C22H25N5OS. The van der Waals surface area contributed by atoms with E-state index in [0.717, 1.165) is 31.1 Å². The quantitative estimate of drug-likeness (QED) is 0.678. The topological polar surface area (TPSA) is 65.4 Å². The lowest BCUT2D eigenvalue weighted by atomic mass is 9.95. The summed E-state index contributed by atoms with van der Waals surface area (Å²) in [6, 6.07) is 10.6. The second-order valence-electron chi connectivity index (χ2n) is 8.24. The van der Waals surface area contributed by atoms with E-state index in [1.165, 1.54) is 5.56 Å². The first kappa shape index (κ1) is 18.7. The molecule has 0 bridgehead atoms. The number of aromatic nitrogens is 3. The molecule has 2 fully saturated rings. The van der Waals surface area contributed by atoms with Crippen LogP contribution in [-0.2, 0) is 6.54 Å². The van der Waals surface area contributed by atoms with Gasteiger partial charge in [-0.05, 0) is 24.4 Å². The summed E-state index contributed by atoms with van der Waals surface area (Å²) in [5.41, 5.74) is 4.17. The number of rotatable bonds is 6. The summed E-state index contributed by atoms with van der Waals surface area (Å²) < 4.78 is 0. The molecule has 150 valence electrons. The fraction of sp³-hybridized carbons (Fsp3) is 0.409. The highest BCUT2D eigenvalue weighted by molar-refractivity contribution is 7.07. The number of β-amino-alcohol motifs (C(OH)–C–C–N with tert-alkyl or cyclic N) is 1. The van der Waals surface area contributed by atoms with Gasteiger partial charge in [0.1, 0.15) is 5.82 Å². The van der Waals surface area contributed by atoms with Gasteiger partial charge in [-0.1, -0.05) is 30.3 Å². The molecule has 0 amide bonds. The van der Waals surface area contributed by atoms with Crippen LogP contribution >= 0.6 is 11.3 Å². The molecule has 7 heteroatoms. The number of hydrogen-bond donors (Lipinski definition) is 1. The molecule has 6 nitrogen and oxygen atoms in total. The Balaban J connectivity index is 1.40. The van der Waals surface area contributed by atoms with Crippen LogP contribution in [0.15, 0.2) is 59.8 Å². The Kier molecular flexibility index (Phi) is 4.81. The van der Waals surface area contributed by atoms with Crippen molar-refractivity contribution in [3.8, 4) is 0 Å². The van der Waals surface area contributed by atoms with Gasteiger partial charge in [0, 0.05) is 49.4 Å². The first-order valence-electron chi connectivity index (χ1n) is 9.98. The standard InChI is InChI=1S/C22H25N5OS/c1-26(10-17-13-29-15-25-17)11-18-21(16-5-3-2-4-6-16)22(18)14-27(12-19(22)28)20-9-23-7-8-24-20/h2-9,13,15,18-19,21,28H,10-12,14H2,1H3/t18-,19+,21-,22-/m1/s1. The van der Waals surface area contributed by atoms with Crippen molar-refractivity contribution in [2.45, 2.75) is 18.6 Å². The summed E-state index contributed by atoms with van der Waals surface area (Å²) >= 11 is 1.63. The van der Waals surface area contributed by atoms with Gasteiger partial charge in [0.15, 0.2) is 0 Å². The average molecular weight is 408 g/mol. The summed E-state index contributed by atoms with van der Waals surface area (Å²) in [4.78, 5) is 17.6. The zero-order chi connectivity index (χ0) is 19.8. The number of thiazole rings is 1. The van der Waals surface area contributed by atoms with E-state index >= 15 is 0 Å². The highest BCUT2D eigenvalue weighted by Crippen LogP contribution is 2.69. The number of anilines is 1. The van der Waals surface area contributed by atoms with Crippen LogP contribution in [0.3, 0.4) is 0 Å². The molecule has 1 aliphatic carbocycles. The molecule has 2 aliphatic rings. The van der Waals surface area contributed by atoms with Crippen molar-refractivity contribution >= 4 is 17.2 Å². The monoisotopic (exact) mass is 407 g/mol. The van der Waals surface area contributed by atoms with E-state index in [4.69, 9.17) is 0 Å². The third-order valence-electron chi connectivity index (χ3n) is 6.50. The minimum Gasteiger partial charge on any atom is -0.391 e.